The topological polar surface area (TPSA) is 69.6 Å². The predicted molar refractivity (Wildman–Crippen MR) is 74.0 cm³/mol. The lowest BCUT2D eigenvalue weighted by Gasteiger charge is -2.30. The number of carboxylic acids is 1. The van der Waals surface area contributed by atoms with Gasteiger partial charge in [0.25, 0.3) is 0 Å². The minimum atomic E-state index is -0.784. The quantitative estimate of drug-likeness (QED) is 0.804. The smallest absolute Gasteiger partial charge is 0.317 e. The van der Waals surface area contributed by atoms with Gasteiger partial charge in [-0.1, -0.05) is 27.7 Å². The summed E-state index contributed by atoms with van der Waals surface area (Å²) >= 11 is 0. The highest BCUT2D eigenvalue weighted by atomic mass is 16.4. The Kier molecular flexibility index (Phi) is 5.20. The number of carbonyl (C=O) groups is 2. The molecule has 0 aliphatic carbocycles. The van der Waals surface area contributed by atoms with E-state index in [9.17, 15) is 9.59 Å². The number of nitrogens with zero attached hydrogens (tertiary/aromatic N) is 1. The van der Waals surface area contributed by atoms with Crippen molar-refractivity contribution in [1.82, 2.24) is 10.2 Å². The lowest BCUT2D eigenvalue weighted by molar-refractivity contribution is -0.138. The Balaban J connectivity index is 2.38. The second kappa shape index (κ2) is 6.26. The summed E-state index contributed by atoms with van der Waals surface area (Å²) in [5.41, 5.74) is 0.0653. The van der Waals surface area contributed by atoms with Crippen molar-refractivity contribution in [3.63, 3.8) is 0 Å². The van der Waals surface area contributed by atoms with E-state index in [1.54, 1.807) is 4.90 Å². The van der Waals surface area contributed by atoms with Crippen LogP contribution in [-0.2, 0) is 4.79 Å². The van der Waals surface area contributed by atoms with Crippen molar-refractivity contribution in [2.45, 2.75) is 40.5 Å². The summed E-state index contributed by atoms with van der Waals surface area (Å²) in [6, 6.07) is -0.0680. The third-order valence-electron chi connectivity index (χ3n) is 4.29. The minimum Gasteiger partial charge on any atom is -0.481 e. The van der Waals surface area contributed by atoms with E-state index in [4.69, 9.17) is 5.11 Å². The van der Waals surface area contributed by atoms with Crippen molar-refractivity contribution in [2.75, 3.05) is 19.6 Å². The molecular weight excluding hydrogens is 244 g/mol. The van der Waals surface area contributed by atoms with Gasteiger partial charge >= 0.3 is 12.0 Å². The molecule has 1 fully saturated rings. The third-order valence-corrected chi connectivity index (χ3v) is 4.29. The van der Waals surface area contributed by atoms with Crippen molar-refractivity contribution >= 4 is 12.0 Å². The van der Waals surface area contributed by atoms with Gasteiger partial charge in [0.05, 0.1) is 0 Å². The van der Waals surface area contributed by atoms with Crippen LogP contribution in [0.3, 0.4) is 0 Å². The molecule has 0 aromatic carbocycles. The van der Waals surface area contributed by atoms with Crippen molar-refractivity contribution < 1.29 is 14.7 Å². The van der Waals surface area contributed by atoms with Crippen molar-refractivity contribution in [3.8, 4) is 0 Å². The number of aliphatic carboxylic acids is 1. The van der Waals surface area contributed by atoms with E-state index in [0.29, 0.717) is 25.6 Å². The van der Waals surface area contributed by atoms with E-state index < -0.39 is 5.97 Å². The number of urea groups is 1. The van der Waals surface area contributed by atoms with E-state index in [1.165, 1.54) is 0 Å². The number of rotatable bonds is 5. The van der Waals surface area contributed by atoms with E-state index in [2.05, 4.69) is 33.0 Å². The molecule has 0 spiro atoms. The SMILES string of the molecule is CC(C)C(C)(C)CNC(=O)N1CCC(CC(=O)O)C1. The largest absolute Gasteiger partial charge is 0.481 e. The molecule has 1 heterocycles. The first-order valence-electron chi connectivity index (χ1n) is 6.97. The van der Waals surface area contributed by atoms with Gasteiger partial charge in [0.15, 0.2) is 0 Å². The summed E-state index contributed by atoms with van der Waals surface area (Å²) in [6.45, 7) is 10.4. The average molecular weight is 270 g/mol. The Morgan fingerprint density at radius 3 is 2.58 bits per heavy atom. The number of amides is 2. The van der Waals surface area contributed by atoms with E-state index >= 15 is 0 Å². The maximum absolute atomic E-state index is 12.0. The van der Waals surface area contributed by atoms with E-state index in [1.807, 2.05) is 0 Å². The van der Waals surface area contributed by atoms with Crippen molar-refractivity contribution in [2.24, 2.45) is 17.3 Å². The van der Waals surface area contributed by atoms with Crippen LogP contribution in [-0.4, -0.2) is 41.6 Å². The fourth-order valence-electron chi connectivity index (χ4n) is 2.05. The van der Waals surface area contributed by atoms with Crippen LogP contribution in [0.1, 0.15) is 40.5 Å². The Labute approximate surface area is 115 Å². The first-order chi connectivity index (χ1) is 8.72. The molecule has 2 amide bonds. The van der Waals surface area contributed by atoms with E-state index in [-0.39, 0.29) is 23.8 Å². The summed E-state index contributed by atoms with van der Waals surface area (Å²) in [5, 5.41) is 11.7. The fourth-order valence-corrected chi connectivity index (χ4v) is 2.05. The molecule has 0 bridgehead atoms. The van der Waals surface area contributed by atoms with Gasteiger partial charge in [-0.25, -0.2) is 4.79 Å². The zero-order valence-corrected chi connectivity index (χ0v) is 12.4. The molecule has 5 heteroatoms. The Hall–Kier alpha value is -1.26. The highest BCUT2D eigenvalue weighted by Crippen LogP contribution is 2.25. The van der Waals surface area contributed by atoms with Crippen LogP contribution >= 0.6 is 0 Å². The monoisotopic (exact) mass is 270 g/mol. The second-order valence-electron chi connectivity index (χ2n) is 6.50. The predicted octanol–water partition coefficient (Wildman–Crippen LogP) is 2.17. The van der Waals surface area contributed by atoms with Crippen LogP contribution < -0.4 is 5.32 Å². The molecule has 1 atom stereocenters. The normalized spacial score (nSPS) is 19.8. The van der Waals surface area contributed by atoms with Crippen molar-refractivity contribution in [1.29, 1.82) is 0 Å². The first kappa shape index (κ1) is 15.8. The van der Waals surface area contributed by atoms with E-state index in [0.717, 1.165) is 6.42 Å². The lowest BCUT2D eigenvalue weighted by Crippen LogP contribution is -2.43. The molecule has 2 N–H and O–H groups in total. The zero-order chi connectivity index (χ0) is 14.6. The first-order valence-corrected chi connectivity index (χ1v) is 6.97. The summed E-state index contributed by atoms with van der Waals surface area (Å²) in [5.74, 6) is -0.194. The summed E-state index contributed by atoms with van der Waals surface area (Å²) in [7, 11) is 0. The van der Waals surface area contributed by atoms with Gasteiger partial charge in [0, 0.05) is 26.1 Å². The van der Waals surface area contributed by atoms with Gasteiger partial charge < -0.3 is 15.3 Å². The number of carbonyl (C=O) groups excluding carboxylic acids is 1. The Morgan fingerprint density at radius 2 is 2.05 bits per heavy atom. The summed E-state index contributed by atoms with van der Waals surface area (Å²) in [6.07, 6.45) is 0.939. The lowest BCUT2D eigenvalue weighted by atomic mass is 9.81. The molecule has 110 valence electrons. The number of hydrogen-bond donors (Lipinski definition) is 2. The summed E-state index contributed by atoms with van der Waals surface area (Å²) in [4.78, 5) is 24.4. The van der Waals surface area contributed by atoms with Crippen LogP contribution in [0, 0.1) is 17.3 Å². The van der Waals surface area contributed by atoms with Gasteiger partial charge in [-0.2, -0.15) is 0 Å². The highest BCUT2D eigenvalue weighted by Gasteiger charge is 2.29. The molecule has 0 aromatic heterocycles. The zero-order valence-electron chi connectivity index (χ0n) is 12.4. The van der Waals surface area contributed by atoms with Crippen LogP contribution in [0.5, 0.6) is 0 Å². The maximum atomic E-state index is 12.0. The van der Waals surface area contributed by atoms with Crippen LogP contribution in [0.25, 0.3) is 0 Å². The van der Waals surface area contributed by atoms with Crippen LogP contribution in [0.2, 0.25) is 0 Å². The van der Waals surface area contributed by atoms with Crippen molar-refractivity contribution in [3.05, 3.63) is 0 Å². The molecule has 1 saturated heterocycles. The third kappa shape index (κ3) is 4.73. The molecule has 1 unspecified atom stereocenters. The minimum absolute atomic E-state index is 0.0653. The Bertz CT molecular complexity index is 340. The molecule has 19 heavy (non-hydrogen) atoms. The van der Waals surface area contributed by atoms with Gasteiger partial charge in [0.2, 0.25) is 0 Å². The number of likely N-dealkylation sites (tertiary alicyclic amines) is 1. The highest BCUT2D eigenvalue weighted by molar-refractivity contribution is 5.74. The molecule has 1 aliphatic heterocycles. The number of hydrogen-bond acceptors (Lipinski definition) is 2. The molecule has 0 aromatic rings. The standard InChI is InChI=1S/C14H26N2O3/c1-10(2)14(3,4)9-15-13(19)16-6-5-11(8-16)7-12(17)18/h10-11H,5-9H2,1-4H3,(H,15,19)(H,17,18). The van der Waals surface area contributed by atoms with Crippen LogP contribution in [0.15, 0.2) is 0 Å². The van der Waals surface area contributed by atoms with Gasteiger partial charge in [-0.3, -0.25) is 4.79 Å². The fraction of sp³-hybridized carbons (Fsp3) is 0.857. The molecule has 5 nitrogen and oxygen atoms in total. The Morgan fingerprint density at radius 1 is 1.42 bits per heavy atom. The second-order valence-corrected chi connectivity index (χ2v) is 6.50. The molecular formula is C14H26N2O3. The van der Waals surface area contributed by atoms with Gasteiger partial charge in [0.1, 0.15) is 0 Å². The molecule has 0 saturated carbocycles. The number of carboxylic acid groups (broad SMARTS) is 1. The average Bonchev–Trinajstić information content (AvgIpc) is 2.73. The molecule has 0 radical (unpaired) electrons. The summed E-state index contributed by atoms with van der Waals surface area (Å²) < 4.78 is 0. The van der Waals surface area contributed by atoms with Gasteiger partial charge in [-0.15, -0.1) is 0 Å². The molecule has 1 aliphatic rings. The maximum Gasteiger partial charge on any atom is 0.317 e. The van der Waals surface area contributed by atoms with Gasteiger partial charge in [-0.05, 0) is 23.7 Å². The van der Waals surface area contributed by atoms with Crippen LogP contribution in [0.4, 0.5) is 4.79 Å². The molecule has 1 rings (SSSR count). The number of nitrogens with one attached hydrogen (secondary N) is 1.